The standard InChI is InChI=1S/C22H23F3N4O3/c1-4-26-18(29-21(31)14(2)3)8-9-19(30)27-11-12-32-20-10-5-15-13-16(22(23,24)25)6-7-17(15)28-20/h4-10,13-14H,1,11-12H2,2-3H3,(H,27,30)(H,26,29,31)/b9-8+. The zero-order valence-electron chi connectivity index (χ0n) is 17.6. The van der Waals surface area contributed by atoms with Crippen molar-refractivity contribution in [2.24, 2.45) is 10.9 Å². The van der Waals surface area contributed by atoms with E-state index in [9.17, 15) is 22.8 Å². The van der Waals surface area contributed by atoms with Gasteiger partial charge in [-0.1, -0.05) is 20.4 Å². The number of nitrogens with one attached hydrogen (secondary N) is 2. The highest BCUT2D eigenvalue weighted by Gasteiger charge is 2.30. The largest absolute Gasteiger partial charge is 0.476 e. The van der Waals surface area contributed by atoms with Gasteiger partial charge in [-0.25, -0.2) is 9.98 Å². The first-order valence-corrected chi connectivity index (χ1v) is 9.66. The van der Waals surface area contributed by atoms with Crippen LogP contribution in [0.1, 0.15) is 19.4 Å². The van der Waals surface area contributed by atoms with Crippen LogP contribution in [0.5, 0.6) is 5.88 Å². The molecule has 10 heteroatoms. The zero-order valence-corrected chi connectivity index (χ0v) is 17.6. The summed E-state index contributed by atoms with van der Waals surface area (Å²) in [5.41, 5.74) is -0.388. The highest BCUT2D eigenvalue weighted by atomic mass is 19.4. The Kier molecular flexibility index (Phi) is 8.51. The molecule has 2 aromatic rings. The second-order valence-corrected chi connectivity index (χ2v) is 6.87. The first-order valence-electron chi connectivity index (χ1n) is 9.66. The minimum absolute atomic E-state index is 0.0937. The number of amides is 2. The van der Waals surface area contributed by atoms with E-state index >= 15 is 0 Å². The normalized spacial score (nSPS) is 12.2. The first kappa shape index (κ1) is 24.6. The molecule has 1 heterocycles. The molecule has 2 amide bonds. The number of aliphatic imine (C=N–C) groups is 1. The van der Waals surface area contributed by atoms with Crippen LogP contribution in [0.3, 0.4) is 0 Å². The van der Waals surface area contributed by atoms with Crippen molar-refractivity contribution in [1.82, 2.24) is 15.6 Å². The van der Waals surface area contributed by atoms with Crippen LogP contribution in [0.25, 0.3) is 10.9 Å². The van der Waals surface area contributed by atoms with Gasteiger partial charge in [0.15, 0.2) is 0 Å². The lowest BCUT2D eigenvalue weighted by Crippen LogP contribution is -2.33. The molecule has 2 N–H and O–H groups in total. The molecule has 2 rings (SSSR count). The Morgan fingerprint density at radius 2 is 1.97 bits per heavy atom. The number of aromatic nitrogens is 1. The van der Waals surface area contributed by atoms with Crippen molar-refractivity contribution in [2.75, 3.05) is 13.2 Å². The van der Waals surface area contributed by atoms with Gasteiger partial charge in [0.2, 0.25) is 17.7 Å². The summed E-state index contributed by atoms with van der Waals surface area (Å²) >= 11 is 0. The van der Waals surface area contributed by atoms with Crippen LogP contribution < -0.4 is 15.4 Å². The smallest absolute Gasteiger partial charge is 0.416 e. The number of amidine groups is 1. The molecule has 7 nitrogen and oxygen atoms in total. The fourth-order valence-electron chi connectivity index (χ4n) is 2.39. The molecule has 32 heavy (non-hydrogen) atoms. The quantitative estimate of drug-likeness (QED) is 0.279. The molecular formula is C22H23F3N4O3. The molecular weight excluding hydrogens is 425 g/mol. The van der Waals surface area contributed by atoms with Gasteiger partial charge in [-0.2, -0.15) is 13.2 Å². The van der Waals surface area contributed by atoms with Gasteiger partial charge in [0, 0.05) is 29.6 Å². The zero-order chi connectivity index (χ0) is 23.7. The molecule has 0 aliphatic carbocycles. The second-order valence-electron chi connectivity index (χ2n) is 6.87. The Labute approximate surface area is 183 Å². The first-order chi connectivity index (χ1) is 15.1. The van der Waals surface area contributed by atoms with Crippen LogP contribution in [0, 0.1) is 5.92 Å². The number of carbonyl (C=O) groups excluding carboxylic acids is 2. The molecule has 170 valence electrons. The van der Waals surface area contributed by atoms with Crippen LogP contribution in [-0.2, 0) is 15.8 Å². The number of alkyl halides is 3. The Balaban J connectivity index is 1.85. The predicted molar refractivity (Wildman–Crippen MR) is 115 cm³/mol. The number of benzene rings is 1. The molecule has 0 radical (unpaired) electrons. The molecule has 1 aromatic heterocycles. The van der Waals surface area contributed by atoms with E-state index in [4.69, 9.17) is 4.74 Å². The lowest BCUT2D eigenvalue weighted by molar-refractivity contribution is -0.137. The molecule has 0 bridgehead atoms. The Morgan fingerprint density at radius 1 is 1.22 bits per heavy atom. The summed E-state index contributed by atoms with van der Waals surface area (Å²) in [6.07, 6.45) is -0.630. The second kappa shape index (κ2) is 11.1. The summed E-state index contributed by atoms with van der Waals surface area (Å²) in [7, 11) is 0. The maximum Gasteiger partial charge on any atom is 0.416 e. The fourth-order valence-corrected chi connectivity index (χ4v) is 2.39. The van der Waals surface area contributed by atoms with Crippen LogP contribution in [0.4, 0.5) is 13.2 Å². The van der Waals surface area contributed by atoms with Gasteiger partial charge in [0.25, 0.3) is 0 Å². The number of halogens is 3. The summed E-state index contributed by atoms with van der Waals surface area (Å²) in [4.78, 5) is 31.7. The van der Waals surface area contributed by atoms with Gasteiger partial charge in [-0.05, 0) is 30.3 Å². The van der Waals surface area contributed by atoms with Crippen molar-refractivity contribution in [3.05, 3.63) is 60.8 Å². The van der Waals surface area contributed by atoms with Gasteiger partial charge in [0.05, 0.1) is 17.6 Å². The molecule has 1 aromatic carbocycles. The summed E-state index contributed by atoms with van der Waals surface area (Å²) in [6.45, 7) is 7.15. The van der Waals surface area contributed by atoms with Crippen molar-refractivity contribution in [2.45, 2.75) is 20.0 Å². The van der Waals surface area contributed by atoms with Gasteiger partial charge < -0.3 is 15.4 Å². The monoisotopic (exact) mass is 448 g/mol. The van der Waals surface area contributed by atoms with Gasteiger partial charge in [0.1, 0.15) is 12.4 Å². The molecule has 0 saturated carbocycles. The Bertz CT molecular complexity index is 1050. The minimum Gasteiger partial charge on any atom is -0.476 e. The minimum atomic E-state index is -4.42. The Hall–Kier alpha value is -3.69. The third-order valence-electron chi connectivity index (χ3n) is 4.04. The number of fused-ring (bicyclic) bond motifs is 1. The van der Waals surface area contributed by atoms with Crippen molar-refractivity contribution in [3.8, 4) is 5.88 Å². The Morgan fingerprint density at radius 3 is 2.62 bits per heavy atom. The molecule has 0 fully saturated rings. The van der Waals surface area contributed by atoms with Crippen LogP contribution in [0.15, 0.2) is 60.3 Å². The number of hydrogen-bond acceptors (Lipinski definition) is 5. The van der Waals surface area contributed by atoms with Crippen molar-refractivity contribution in [3.63, 3.8) is 0 Å². The summed E-state index contributed by atoms with van der Waals surface area (Å²) in [5.74, 6) is -0.533. The number of nitrogens with zero attached hydrogens (tertiary/aromatic N) is 2. The average molecular weight is 448 g/mol. The highest BCUT2D eigenvalue weighted by Crippen LogP contribution is 2.31. The van der Waals surface area contributed by atoms with Crippen LogP contribution >= 0.6 is 0 Å². The third kappa shape index (κ3) is 7.53. The number of rotatable bonds is 8. The van der Waals surface area contributed by atoms with E-state index in [0.717, 1.165) is 12.1 Å². The maximum atomic E-state index is 12.8. The number of ether oxygens (including phenoxy) is 1. The molecule has 0 aliphatic heterocycles. The topological polar surface area (TPSA) is 92.7 Å². The van der Waals surface area contributed by atoms with Crippen LogP contribution in [-0.4, -0.2) is 35.8 Å². The molecule has 0 aliphatic rings. The van der Waals surface area contributed by atoms with Gasteiger partial charge in [-0.15, -0.1) is 0 Å². The molecule has 0 unspecified atom stereocenters. The molecule has 0 saturated heterocycles. The SMILES string of the molecule is C=CN=C(/C=C/C(=O)NCCOc1ccc2cc(C(F)(F)F)ccc2n1)NC(=O)C(C)C. The summed E-state index contributed by atoms with van der Waals surface area (Å²) in [6, 6.07) is 6.20. The third-order valence-corrected chi connectivity index (χ3v) is 4.04. The van der Waals surface area contributed by atoms with E-state index in [1.54, 1.807) is 13.8 Å². The maximum absolute atomic E-state index is 12.8. The van der Waals surface area contributed by atoms with Crippen LogP contribution in [0.2, 0.25) is 0 Å². The summed E-state index contributed by atoms with van der Waals surface area (Å²) < 4.78 is 43.8. The van der Waals surface area contributed by atoms with Crippen molar-refractivity contribution < 1.29 is 27.5 Å². The van der Waals surface area contributed by atoms with E-state index in [1.165, 1.54) is 36.6 Å². The van der Waals surface area contributed by atoms with Gasteiger partial charge in [-0.3, -0.25) is 9.59 Å². The highest BCUT2D eigenvalue weighted by molar-refractivity contribution is 6.07. The number of hydrogen-bond donors (Lipinski definition) is 2. The predicted octanol–water partition coefficient (Wildman–Crippen LogP) is 3.62. The lowest BCUT2D eigenvalue weighted by Gasteiger charge is -2.09. The van der Waals surface area contributed by atoms with E-state index < -0.39 is 17.6 Å². The fraction of sp³-hybridized carbons (Fsp3) is 0.273. The van der Waals surface area contributed by atoms with E-state index in [1.807, 2.05) is 0 Å². The number of pyridine rings is 1. The van der Waals surface area contributed by atoms with Gasteiger partial charge >= 0.3 is 6.18 Å². The van der Waals surface area contributed by atoms with Crippen molar-refractivity contribution >= 4 is 28.6 Å². The molecule has 0 spiro atoms. The van der Waals surface area contributed by atoms with Crippen molar-refractivity contribution in [1.29, 1.82) is 0 Å². The number of carbonyl (C=O) groups is 2. The van der Waals surface area contributed by atoms with E-state index in [0.29, 0.717) is 10.9 Å². The molecule has 0 atom stereocenters. The van der Waals surface area contributed by atoms with E-state index in [2.05, 4.69) is 27.2 Å². The lowest BCUT2D eigenvalue weighted by atomic mass is 10.1. The summed E-state index contributed by atoms with van der Waals surface area (Å²) in [5, 5.41) is 5.50. The van der Waals surface area contributed by atoms with E-state index in [-0.39, 0.29) is 36.7 Å². The average Bonchev–Trinajstić information content (AvgIpc) is 2.74.